The van der Waals surface area contributed by atoms with Crippen LogP contribution in [0.15, 0.2) is 30.3 Å². The molecule has 1 aromatic carbocycles. The van der Waals surface area contributed by atoms with Gasteiger partial charge in [0, 0.05) is 0 Å². The van der Waals surface area contributed by atoms with E-state index in [1.165, 1.54) is 10.9 Å². The van der Waals surface area contributed by atoms with E-state index in [0.29, 0.717) is 31.5 Å². The van der Waals surface area contributed by atoms with Gasteiger partial charge in [0.1, 0.15) is 0 Å². The molecular weight excluding hydrogens is 287 g/mol. The summed E-state index contributed by atoms with van der Waals surface area (Å²) in [6, 6.07) is 10.7. The molecule has 2 aliphatic rings. The van der Waals surface area contributed by atoms with E-state index in [9.17, 15) is 4.79 Å². The Bertz CT molecular complexity index is 479. The number of carbonyl (C=O) groups excluding carboxylic acids is 1. The molecule has 1 aromatic rings. The van der Waals surface area contributed by atoms with Crippen LogP contribution in [0.4, 0.5) is 0 Å². The van der Waals surface area contributed by atoms with Gasteiger partial charge in [0.15, 0.2) is 0 Å². The first-order chi connectivity index (χ1) is 8.46. The van der Waals surface area contributed by atoms with Gasteiger partial charge in [-0.2, -0.15) is 0 Å². The van der Waals surface area contributed by atoms with Crippen molar-refractivity contribution < 1.29 is 4.79 Å². The van der Waals surface area contributed by atoms with Crippen LogP contribution >= 0.6 is 0 Å². The molecule has 2 bridgehead atoms. The van der Waals surface area contributed by atoms with Gasteiger partial charge in [-0.05, 0) is 0 Å². The summed E-state index contributed by atoms with van der Waals surface area (Å²) >= 11 is 0.431. The average molecular weight is 307 g/mol. The molecule has 0 aromatic heterocycles. The zero-order valence-electron chi connectivity index (χ0n) is 11.3. The van der Waals surface area contributed by atoms with Gasteiger partial charge < -0.3 is 0 Å². The van der Waals surface area contributed by atoms with Gasteiger partial charge in [-0.1, -0.05) is 0 Å². The normalized spacial score (nSPS) is 37.2. The second-order valence-corrected chi connectivity index (χ2v) is 9.01. The van der Waals surface area contributed by atoms with Crippen molar-refractivity contribution in [2.75, 3.05) is 0 Å². The maximum atomic E-state index is 12.6. The number of benzene rings is 1. The minimum absolute atomic E-state index is 0.0377. The van der Waals surface area contributed by atoms with Crippen LogP contribution in [0.25, 0.3) is 0 Å². The molecule has 96 valence electrons. The van der Waals surface area contributed by atoms with E-state index in [0.717, 1.165) is 6.42 Å². The van der Waals surface area contributed by atoms with Gasteiger partial charge in [-0.25, -0.2) is 0 Å². The molecular formula is C16H20OSe. The summed E-state index contributed by atoms with van der Waals surface area (Å²) in [5.74, 6) is 1.13. The zero-order valence-corrected chi connectivity index (χ0v) is 13.0. The summed E-state index contributed by atoms with van der Waals surface area (Å²) in [6.45, 7) is 6.55. The van der Waals surface area contributed by atoms with Crippen molar-refractivity contribution in [2.24, 2.45) is 16.7 Å². The Morgan fingerprint density at radius 2 is 1.83 bits per heavy atom. The number of rotatable bonds is 2. The van der Waals surface area contributed by atoms with Crippen LogP contribution in [0, 0.1) is 16.7 Å². The zero-order chi connectivity index (χ0) is 13.0. The van der Waals surface area contributed by atoms with Crippen molar-refractivity contribution in [1.82, 2.24) is 0 Å². The van der Waals surface area contributed by atoms with Gasteiger partial charge >= 0.3 is 116 Å². The van der Waals surface area contributed by atoms with Gasteiger partial charge in [0.2, 0.25) is 0 Å². The van der Waals surface area contributed by atoms with Gasteiger partial charge in [0.05, 0.1) is 0 Å². The van der Waals surface area contributed by atoms with E-state index >= 15 is 0 Å². The molecule has 2 aliphatic carbocycles. The topological polar surface area (TPSA) is 17.1 Å². The Kier molecular flexibility index (Phi) is 2.73. The van der Waals surface area contributed by atoms with Crippen molar-refractivity contribution in [3.63, 3.8) is 0 Å². The fraction of sp³-hybridized carbons (Fsp3) is 0.562. The molecule has 0 aliphatic heterocycles. The Balaban J connectivity index is 1.93. The van der Waals surface area contributed by atoms with Crippen LogP contribution in [0.1, 0.15) is 33.6 Å². The summed E-state index contributed by atoms with van der Waals surface area (Å²) in [4.78, 5) is 13.2. The molecule has 3 rings (SSSR count). The van der Waals surface area contributed by atoms with E-state index in [-0.39, 0.29) is 10.8 Å². The molecule has 0 unspecified atom stereocenters. The third-order valence-corrected chi connectivity index (χ3v) is 8.46. The van der Waals surface area contributed by atoms with E-state index < -0.39 is 0 Å². The molecule has 0 saturated heterocycles. The number of carbonyl (C=O) groups is 1. The first-order valence-corrected chi connectivity index (χ1v) is 8.57. The van der Waals surface area contributed by atoms with E-state index in [1.54, 1.807) is 0 Å². The van der Waals surface area contributed by atoms with E-state index in [4.69, 9.17) is 0 Å². The summed E-state index contributed by atoms with van der Waals surface area (Å²) in [7, 11) is 0. The van der Waals surface area contributed by atoms with Gasteiger partial charge in [0.25, 0.3) is 0 Å². The first-order valence-electron chi connectivity index (χ1n) is 6.73. The standard InChI is InChI=1S/C16H20OSe/c1-15(2)12-9-10-16(3,14(15)17)13(12)18-11-7-5-4-6-8-11/h4-8,12-13H,9-10H2,1-3H3/t12-,13-,16+/m0/s1. The Morgan fingerprint density at radius 3 is 2.39 bits per heavy atom. The van der Waals surface area contributed by atoms with Crippen LogP contribution < -0.4 is 4.46 Å². The molecule has 3 atom stereocenters. The minimum atomic E-state index is -0.0891. The fourth-order valence-corrected chi connectivity index (χ4v) is 7.57. The number of hydrogen-bond donors (Lipinski definition) is 0. The van der Waals surface area contributed by atoms with Crippen LogP contribution in [0.2, 0.25) is 4.82 Å². The van der Waals surface area contributed by atoms with Crippen LogP contribution in [0.5, 0.6) is 0 Å². The van der Waals surface area contributed by atoms with Gasteiger partial charge in [-0.15, -0.1) is 0 Å². The van der Waals surface area contributed by atoms with Crippen LogP contribution in [-0.2, 0) is 4.79 Å². The number of ketones is 1. The first kappa shape index (κ1) is 12.4. The Hall–Kier alpha value is -0.591. The average Bonchev–Trinajstić information content (AvgIpc) is 2.74. The molecule has 2 fully saturated rings. The van der Waals surface area contributed by atoms with E-state index in [2.05, 4.69) is 51.1 Å². The molecule has 0 N–H and O–H groups in total. The Morgan fingerprint density at radius 1 is 1.17 bits per heavy atom. The number of Topliss-reactive ketones (excluding diaryl/α,β-unsaturated/α-hetero) is 1. The second-order valence-electron chi connectivity index (χ2n) is 6.46. The third kappa shape index (κ3) is 1.55. The number of fused-ring (bicyclic) bond motifs is 2. The molecule has 0 heterocycles. The van der Waals surface area contributed by atoms with Crippen LogP contribution in [0.3, 0.4) is 0 Å². The quantitative estimate of drug-likeness (QED) is 0.768. The van der Waals surface area contributed by atoms with Crippen molar-refractivity contribution in [1.29, 1.82) is 0 Å². The number of hydrogen-bond acceptors (Lipinski definition) is 1. The van der Waals surface area contributed by atoms with Crippen molar-refractivity contribution >= 4 is 25.2 Å². The summed E-state index contributed by atoms with van der Waals surface area (Å²) in [5.41, 5.74) is -0.127. The maximum absolute atomic E-state index is 12.6. The summed E-state index contributed by atoms with van der Waals surface area (Å²) < 4.78 is 1.44. The van der Waals surface area contributed by atoms with Crippen molar-refractivity contribution in [2.45, 2.75) is 38.4 Å². The Labute approximate surface area is 116 Å². The SMILES string of the molecule is CC1(C)C(=O)[C@]2(C)CC[C@H]1[C@@H]2[Se]c1ccccc1. The predicted molar refractivity (Wildman–Crippen MR) is 75.2 cm³/mol. The third-order valence-electron chi connectivity index (χ3n) is 5.01. The molecule has 1 nitrogen and oxygen atoms in total. The molecule has 2 heteroatoms. The fourth-order valence-electron chi connectivity index (χ4n) is 3.94. The molecule has 0 radical (unpaired) electrons. The monoisotopic (exact) mass is 308 g/mol. The molecule has 0 amide bonds. The molecule has 0 spiro atoms. The van der Waals surface area contributed by atoms with Crippen LogP contribution in [-0.4, -0.2) is 20.7 Å². The molecule has 2 saturated carbocycles. The van der Waals surface area contributed by atoms with Crippen molar-refractivity contribution in [3.8, 4) is 0 Å². The van der Waals surface area contributed by atoms with E-state index in [1.807, 2.05) is 0 Å². The van der Waals surface area contributed by atoms with Crippen molar-refractivity contribution in [3.05, 3.63) is 30.3 Å². The van der Waals surface area contributed by atoms with Gasteiger partial charge in [-0.3, -0.25) is 0 Å². The second kappa shape index (κ2) is 3.95. The summed E-state index contributed by atoms with van der Waals surface area (Å²) in [5, 5.41) is 0. The summed E-state index contributed by atoms with van der Waals surface area (Å²) in [6.07, 6.45) is 2.35. The molecule has 18 heavy (non-hydrogen) atoms. The predicted octanol–water partition coefficient (Wildman–Crippen LogP) is 2.83.